The summed E-state index contributed by atoms with van der Waals surface area (Å²) < 4.78 is 5.52. The maximum atomic E-state index is 12.3. The normalized spacial score (nSPS) is 20.9. The van der Waals surface area contributed by atoms with Crippen LogP contribution in [-0.4, -0.2) is 48.1 Å². The first-order valence-electron chi connectivity index (χ1n) is 7.18. The molecule has 1 saturated heterocycles. The van der Waals surface area contributed by atoms with Gasteiger partial charge in [0.05, 0.1) is 12.1 Å². The van der Waals surface area contributed by atoms with E-state index in [1.54, 1.807) is 11.3 Å². The molecule has 20 heavy (non-hydrogen) atoms. The minimum absolute atomic E-state index is 0.00645. The minimum atomic E-state index is 0.00645. The Morgan fingerprint density at radius 2 is 2.50 bits per heavy atom. The van der Waals surface area contributed by atoms with Crippen molar-refractivity contribution in [3.63, 3.8) is 0 Å². The van der Waals surface area contributed by atoms with Crippen molar-refractivity contribution >= 4 is 17.2 Å². The molecule has 0 spiro atoms. The van der Waals surface area contributed by atoms with Crippen molar-refractivity contribution in [1.82, 2.24) is 15.2 Å². The van der Waals surface area contributed by atoms with E-state index in [1.807, 2.05) is 24.1 Å². The molecule has 1 aromatic heterocycles. The van der Waals surface area contributed by atoms with Gasteiger partial charge in [-0.15, -0.1) is 11.3 Å². The van der Waals surface area contributed by atoms with Gasteiger partial charge in [-0.3, -0.25) is 4.79 Å². The van der Waals surface area contributed by atoms with Crippen molar-refractivity contribution in [3.05, 3.63) is 16.1 Å². The predicted octanol–water partition coefficient (Wildman–Crippen LogP) is 1.60. The molecule has 0 bridgehead atoms. The predicted molar refractivity (Wildman–Crippen MR) is 79.9 cm³/mol. The van der Waals surface area contributed by atoms with Gasteiger partial charge in [0.1, 0.15) is 11.1 Å². The Morgan fingerprint density at radius 3 is 3.20 bits per heavy atom. The van der Waals surface area contributed by atoms with Crippen LogP contribution in [0.25, 0.3) is 0 Å². The fraction of sp³-hybridized carbons (Fsp3) is 0.714. The van der Waals surface area contributed by atoms with Gasteiger partial charge in [0.15, 0.2) is 0 Å². The van der Waals surface area contributed by atoms with Crippen LogP contribution in [0.15, 0.2) is 5.38 Å². The SMILES string of the molecule is CCOC(C)c1nc(CC(=O)N2CCNC[C@H]2C)cs1. The molecular formula is C14H23N3O2S. The summed E-state index contributed by atoms with van der Waals surface area (Å²) in [5.74, 6) is 0.167. The van der Waals surface area contributed by atoms with Gasteiger partial charge in [-0.2, -0.15) is 0 Å². The Bertz CT molecular complexity index is 449. The highest BCUT2D eigenvalue weighted by molar-refractivity contribution is 7.09. The van der Waals surface area contributed by atoms with Gasteiger partial charge >= 0.3 is 0 Å². The zero-order valence-electron chi connectivity index (χ0n) is 12.4. The molecule has 112 valence electrons. The summed E-state index contributed by atoms with van der Waals surface area (Å²) in [6.45, 7) is 9.25. The summed E-state index contributed by atoms with van der Waals surface area (Å²) >= 11 is 1.57. The number of carbonyl (C=O) groups excluding carboxylic acids is 1. The monoisotopic (exact) mass is 297 g/mol. The molecule has 1 amide bonds. The number of hydrogen-bond acceptors (Lipinski definition) is 5. The van der Waals surface area contributed by atoms with Gasteiger partial charge in [0.2, 0.25) is 5.91 Å². The van der Waals surface area contributed by atoms with E-state index in [0.717, 1.165) is 30.3 Å². The highest BCUT2D eigenvalue weighted by atomic mass is 32.1. The van der Waals surface area contributed by atoms with Crippen molar-refractivity contribution in [3.8, 4) is 0 Å². The van der Waals surface area contributed by atoms with E-state index in [2.05, 4.69) is 17.2 Å². The first-order chi connectivity index (χ1) is 9.61. The van der Waals surface area contributed by atoms with Gasteiger partial charge in [-0.05, 0) is 20.8 Å². The summed E-state index contributed by atoms with van der Waals surface area (Å²) in [5, 5.41) is 6.21. The number of piperazine rings is 1. The highest BCUT2D eigenvalue weighted by Crippen LogP contribution is 2.21. The molecule has 0 saturated carbocycles. The third-order valence-electron chi connectivity index (χ3n) is 3.49. The molecular weight excluding hydrogens is 274 g/mol. The molecule has 1 aliphatic heterocycles. The second-order valence-electron chi connectivity index (χ2n) is 5.09. The van der Waals surface area contributed by atoms with Crippen LogP contribution in [0.3, 0.4) is 0 Å². The van der Waals surface area contributed by atoms with Gasteiger partial charge in [-0.25, -0.2) is 4.98 Å². The second-order valence-corrected chi connectivity index (χ2v) is 5.98. The van der Waals surface area contributed by atoms with Crippen LogP contribution >= 0.6 is 11.3 Å². The van der Waals surface area contributed by atoms with Crippen LogP contribution in [0.5, 0.6) is 0 Å². The molecule has 5 nitrogen and oxygen atoms in total. The molecule has 1 N–H and O–H groups in total. The quantitative estimate of drug-likeness (QED) is 0.897. The standard InChI is InChI=1S/C14H23N3O2S/c1-4-19-11(3)14-16-12(9-20-14)7-13(18)17-6-5-15-8-10(17)2/h9-11,15H,4-8H2,1-3H3/t10-,11?/m1/s1. The number of carbonyl (C=O) groups is 1. The summed E-state index contributed by atoms with van der Waals surface area (Å²) in [6.07, 6.45) is 0.395. The molecule has 0 aromatic carbocycles. The topological polar surface area (TPSA) is 54.5 Å². The van der Waals surface area contributed by atoms with Crippen LogP contribution in [0.4, 0.5) is 0 Å². The van der Waals surface area contributed by atoms with Crippen molar-refractivity contribution in [2.75, 3.05) is 26.2 Å². The van der Waals surface area contributed by atoms with E-state index in [0.29, 0.717) is 13.0 Å². The molecule has 1 aromatic rings. The van der Waals surface area contributed by atoms with Gasteiger partial charge < -0.3 is 15.0 Å². The van der Waals surface area contributed by atoms with E-state index < -0.39 is 0 Å². The van der Waals surface area contributed by atoms with Crippen molar-refractivity contribution < 1.29 is 9.53 Å². The molecule has 1 unspecified atom stereocenters. The first-order valence-corrected chi connectivity index (χ1v) is 8.05. The molecule has 0 radical (unpaired) electrons. The largest absolute Gasteiger partial charge is 0.372 e. The van der Waals surface area contributed by atoms with Crippen LogP contribution in [-0.2, 0) is 16.0 Å². The Morgan fingerprint density at radius 1 is 1.70 bits per heavy atom. The number of nitrogens with zero attached hydrogens (tertiary/aromatic N) is 2. The smallest absolute Gasteiger partial charge is 0.228 e. The van der Waals surface area contributed by atoms with E-state index in [4.69, 9.17) is 4.74 Å². The molecule has 2 heterocycles. The fourth-order valence-corrected chi connectivity index (χ4v) is 3.20. The van der Waals surface area contributed by atoms with E-state index >= 15 is 0 Å². The number of hydrogen-bond donors (Lipinski definition) is 1. The summed E-state index contributed by atoms with van der Waals surface area (Å²) in [7, 11) is 0. The Labute approximate surface area is 124 Å². The molecule has 1 aliphatic rings. The maximum Gasteiger partial charge on any atom is 0.228 e. The molecule has 1 fully saturated rings. The Balaban J connectivity index is 1.94. The van der Waals surface area contributed by atoms with E-state index in [9.17, 15) is 4.79 Å². The van der Waals surface area contributed by atoms with Gasteiger partial charge in [0.25, 0.3) is 0 Å². The molecule has 6 heteroatoms. The lowest BCUT2D eigenvalue weighted by Crippen LogP contribution is -2.52. The van der Waals surface area contributed by atoms with E-state index in [-0.39, 0.29) is 18.1 Å². The van der Waals surface area contributed by atoms with Crippen molar-refractivity contribution in [2.24, 2.45) is 0 Å². The van der Waals surface area contributed by atoms with Gasteiger partial charge in [-0.1, -0.05) is 0 Å². The third kappa shape index (κ3) is 3.77. The molecule has 0 aliphatic carbocycles. The van der Waals surface area contributed by atoms with Crippen LogP contribution in [0, 0.1) is 0 Å². The zero-order chi connectivity index (χ0) is 14.5. The highest BCUT2D eigenvalue weighted by Gasteiger charge is 2.23. The number of amides is 1. The molecule has 2 atom stereocenters. The average Bonchev–Trinajstić information content (AvgIpc) is 2.88. The summed E-state index contributed by atoms with van der Waals surface area (Å²) in [5.41, 5.74) is 0.854. The van der Waals surface area contributed by atoms with Crippen LogP contribution < -0.4 is 5.32 Å². The summed E-state index contributed by atoms with van der Waals surface area (Å²) in [4.78, 5) is 18.8. The maximum absolute atomic E-state index is 12.3. The zero-order valence-corrected chi connectivity index (χ0v) is 13.2. The minimum Gasteiger partial charge on any atom is -0.372 e. The number of rotatable bonds is 5. The first kappa shape index (κ1) is 15.4. The number of thiazole rings is 1. The summed E-state index contributed by atoms with van der Waals surface area (Å²) in [6, 6.07) is 0.261. The number of ether oxygens (including phenoxy) is 1. The van der Waals surface area contributed by atoms with Crippen LogP contribution in [0.1, 0.15) is 37.6 Å². The Hall–Kier alpha value is -0.980. The Kier molecular flexibility index (Phi) is 5.51. The van der Waals surface area contributed by atoms with E-state index in [1.165, 1.54) is 0 Å². The van der Waals surface area contributed by atoms with Crippen molar-refractivity contribution in [1.29, 1.82) is 0 Å². The lowest BCUT2D eigenvalue weighted by atomic mass is 10.2. The number of nitrogens with one attached hydrogen (secondary N) is 1. The fourth-order valence-electron chi connectivity index (χ4n) is 2.38. The lowest BCUT2D eigenvalue weighted by Gasteiger charge is -2.33. The third-order valence-corrected chi connectivity index (χ3v) is 4.54. The van der Waals surface area contributed by atoms with Crippen LogP contribution in [0.2, 0.25) is 0 Å². The second kappa shape index (κ2) is 7.15. The van der Waals surface area contributed by atoms with Gasteiger partial charge in [0, 0.05) is 37.7 Å². The number of aromatic nitrogens is 1. The lowest BCUT2D eigenvalue weighted by molar-refractivity contribution is -0.133. The van der Waals surface area contributed by atoms with Crippen molar-refractivity contribution in [2.45, 2.75) is 39.3 Å². The average molecular weight is 297 g/mol. The molecule has 2 rings (SSSR count).